The third-order valence-corrected chi connectivity index (χ3v) is 6.03. The summed E-state index contributed by atoms with van der Waals surface area (Å²) in [5.74, 6) is 0.139. The summed E-state index contributed by atoms with van der Waals surface area (Å²) < 4.78 is 0. The Bertz CT molecular complexity index is 1070. The fourth-order valence-corrected chi connectivity index (χ4v) is 4.12. The van der Waals surface area contributed by atoms with Crippen LogP contribution in [0.3, 0.4) is 0 Å². The van der Waals surface area contributed by atoms with Gasteiger partial charge < -0.3 is 10.2 Å². The van der Waals surface area contributed by atoms with Crippen molar-refractivity contribution in [3.05, 3.63) is 77.9 Å². The molecular weight excluding hydrogens is 386 g/mol. The lowest BCUT2D eigenvalue weighted by Crippen LogP contribution is -2.49. The van der Waals surface area contributed by atoms with Gasteiger partial charge >= 0.3 is 0 Å². The Labute approximate surface area is 183 Å². The lowest BCUT2D eigenvalue weighted by atomic mass is 10.0. The van der Waals surface area contributed by atoms with Gasteiger partial charge in [0.15, 0.2) is 5.78 Å². The van der Waals surface area contributed by atoms with Gasteiger partial charge in [0.25, 0.3) is 0 Å². The molecule has 5 heteroatoms. The second-order valence-corrected chi connectivity index (χ2v) is 8.26. The lowest BCUT2D eigenvalue weighted by molar-refractivity contribution is -0.123. The molecule has 0 aromatic heterocycles. The summed E-state index contributed by atoms with van der Waals surface area (Å²) in [6, 6.07) is 22.3. The van der Waals surface area contributed by atoms with Crippen LogP contribution in [-0.4, -0.2) is 49.3 Å². The van der Waals surface area contributed by atoms with E-state index in [0.717, 1.165) is 43.0 Å². The maximum absolute atomic E-state index is 12.6. The Morgan fingerprint density at radius 1 is 0.903 bits per heavy atom. The van der Waals surface area contributed by atoms with Crippen LogP contribution in [0.1, 0.15) is 35.8 Å². The average molecular weight is 416 g/mol. The molecule has 1 saturated heterocycles. The van der Waals surface area contributed by atoms with Gasteiger partial charge in [0.2, 0.25) is 5.91 Å². The summed E-state index contributed by atoms with van der Waals surface area (Å²) in [7, 11) is 0. The van der Waals surface area contributed by atoms with Crippen molar-refractivity contribution in [3.63, 3.8) is 0 Å². The van der Waals surface area contributed by atoms with Gasteiger partial charge in [-0.25, -0.2) is 0 Å². The number of carbonyl (C=O) groups excluding carboxylic acids is 2. The maximum Gasteiger partial charge on any atom is 0.234 e. The average Bonchev–Trinajstić information content (AvgIpc) is 2.79. The highest BCUT2D eigenvalue weighted by Crippen LogP contribution is 2.21. The molecule has 1 heterocycles. The zero-order valence-electron chi connectivity index (χ0n) is 18.2. The highest BCUT2D eigenvalue weighted by atomic mass is 16.2. The first-order valence-corrected chi connectivity index (χ1v) is 10.9. The fourth-order valence-electron chi connectivity index (χ4n) is 4.12. The van der Waals surface area contributed by atoms with Crippen LogP contribution >= 0.6 is 0 Å². The van der Waals surface area contributed by atoms with Gasteiger partial charge in [-0.2, -0.15) is 0 Å². The van der Waals surface area contributed by atoms with Gasteiger partial charge in [-0.3, -0.25) is 14.5 Å². The molecule has 1 amide bonds. The predicted octanol–water partition coefficient (Wildman–Crippen LogP) is 4.04. The van der Waals surface area contributed by atoms with E-state index < -0.39 is 0 Å². The van der Waals surface area contributed by atoms with Gasteiger partial charge in [0, 0.05) is 37.4 Å². The number of fused-ring (bicyclic) bond motifs is 1. The summed E-state index contributed by atoms with van der Waals surface area (Å²) in [5, 5.41) is 5.54. The molecule has 0 bridgehead atoms. The number of rotatable bonds is 6. The van der Waals surface area contributed by atoms with Crippen molar-refractivity contribution >= 4 is 28.2 Å². The zero-order valence-corrected chi connectivity index (χ0v) is 18.2. The molecule has 0 saturated carbocycles. The highest BCUT2D eigenvalue weighted by Gasteiger charge is 2.20. The molecule has 1 aliphatic rings. The van der Waals surface area contributed by atoms with Crippen molar-refractivity contribution in [1.29, 1.82) is 0 Å². The van der Waals surface area contributed by atoms with E-state index in [1.54, 1.807) is 6.92 Å². The molecule has 1 fully saturated rings. The number of benzene rings is 3. The number of carbonyl (C=O) groups is 2. The van der Waals surface area contributed by atoms with E-state index in [4.69, 9.17) is 0 Å². The molecule has 0 spiro atoms. The third kappa shape index (κ3) is 5.12. The Kier molecular flexibility index (Phi) is 6.33. The Morgan fingerprint density at radius 2 is 1.58 bits per heavy atom. The highest BCUT2D eigenvalue weighted by molar-refractivity contribution is 5.94. The zero-order chi connectivity index (χ0) is 21.8. The SMILES string of the molecule is CC(=O)c1ccc(N2CCN(CC(=O)N[C@@H](C)c3ccc4ccccc4c3)CC2)cc1. The second-order valence-electron chi connectivity index (χ2n) is 8.26. The largest absolute Gasteiger partial charge is 0.369 e. The predicted molar refractivity (Wildman–Crippen MR) is 126 cm³/mol. The molecular formula is C26H29N3O2. The molecule has 3 aromatic rings. The van der Waals surface area contributed by atoms with E-state index in [-0.39, 0.29) is 17.7 Å². The van der Waals surface area contributed by atoms with Crippen molar-refractivity contribution in [3.8, 4) is 0 Å². The van der Waals surface area contributed by atoms with Gasteiger partial charge in [0.05, 0.1) is 12.6 Å². The molecule has 160 valence electrons. The fraction of sp³-hybridized carbons (Fsp3) is 0.308. The number of ketones is 1. The number of Topliss-reactive ketones (excluding diaryl/α,β-unsaturated/α-hetero) is 1. The third-order valence-electron chi connectivity index (χ3n) is 6.03. The number of piperazine rings is 1. The van der Waals surface area contributed by atoms with Gasteiger partial charge in [0.1, 0.15) is 0 Å². The van der Waals surface area contributed by atoms with Crippen molar-refractivity contribution in [2.24, 2.45) is 0 Å². The lowest BCUT2D eigenvalue weighted by Gasteiger charge is -2.36. The number of nitrogens with one attached hydrogen (secondary N) is 1. The normalized spacial score (nSPS) is 15.6. The quantitative estimate of drug-likeness (QED) is 0.618. The first-order valence-electron chi connectivity index (χ1n) is 10.9. The number of hydrogen-bond acceptors (Lipinski definition) is 4. The maximum atomic E-state index is 12.6. The first-order chi connectivity index (χ1) is 15.0. The van der Waals surface area contributed by atoms with Crippen LogP contribution in [-0.2, 0) is 4.79 Å². The number of anilines is 1. The number of hydrogen-bond donors (Lipinski definition) is 1. The number of nitrogens with zero attached hydrogens (tertiary/aromatic N) is 2. The molecule has 0 aliphatic carbocycles. The van der Waals surface area contributed by atoms with E-state index in [1.165, 1.54) is 10.8 Å². The van der Waals surface area contributed by atoms with Crippen LogP contribution in [0, 0.1) is 0 Å². The van der Waals surface area contributed by atoms with Crippen LogP contribution in [0.25, 0.3) is 10.8 Å². The molecule has 4 rings (SSSR count). The Morgan fingerprint density at radius 3 is 2.26 bits per heavy atom. The molecule has 31 heavy (non-hydrogen) atoms. The van der Waals surface area contributed by atoms with Crippen molar-refractivity contribution < 1.29 is 9.59 Å². The standard InChI is InChI=1S/C26H29N3O2/c1-19(23-8-7-22-5-3-4-6-24(22)17-23)27-26(31)18-28-13-15-29(16-14-28)25-11-9-21(10-12-25)20(2)30/h3-12,17,19H,13-16,18H2,1-2H3,(H,27,31)/t19-/m0/s1. The molecule has 5 nitrogen and oxygen atoms in total. The molecule has 1 aliphatic heterocycles. The van der Waals surface area contributed by atoms with Crippen LogP contribution < -0.4 is 10.2 Å². The van der Waals surface area contributed by atoms with Crippen LogP contribution in [0.15, 0.2) is 66.7 Å². The topological polar surface area (TPSA) is 52.7 Å². The van der Waals surface area contributed by atoms with E-state index in [0.29, 0.717) is 6.54 Å². The summed E-state index contributed by atoms with van der Waals surface area (Å²) in [5.41, 5.74) is 2.98. The minimum atomic E-state index is -0.0295. The van der Waals surface area contributed by atoms with Crippen LogP contribution in [0.4, 0.5) is 5.69 Å². The summed E-state index contributed by atoms with van der Waals surface area (Å²) >= 11 is 0. The monoisotopic (exact) mass is 415 g/mol. The summed E-state index contributed by atoms with van der Waals surface area (Å²) in [4.78, 5) is 28.6. The Balaban J connectivity index is 1.28. The van der Waals surface area contributed by atoms with E-state index >= 15 is 0 Å². The number of amides is 1. The van der Waals surface area contributed by atoms with Gasteiger partial charge in [-0.1, -0.05) is 36.4 Å². The second kappa shape index (κ2) is 9.31. The Hall–Kier alpha value is -3.18. The minimum absolute atomic E-state index is 0.0295. The van der Waals surface area contributed by atoms with Crippen molar-refractivity contribution in [1.82, 2.24) is 10.2 Å². The van der Waals surface area contributed by atoms with Crippen molar-refractivity contribution in [2.45, 2.75) is 19.9 Å². The van der Waals surface area contributed by atoms with Gasteiger partial charge in [-0.05, 0) is 60.5 Å². The van der Waals surface area contributed by atoms with E-state index in [2.05, 4.69) is 45.4 Å². The van der Waals surface area contributed by atoms with E-state index in [1.807, 2.05) is 43.3 Å². The molecule has 1 N–H and O–H groups in total. The van der Waals surface area contributed by atoms with Crippen LogP contribution in [0.2, 0.25) is 0 Å². The van der Waals surface area contributed by atoms with E-state index in [9.17, 15) is 9.59 Å². The minimum Gasteiger partial charge on any atom is -0.369 e. The van der Waals surface area contributed by atoms with Crippen LogP contribution in [0.5, 0.6) is 0 Å². The molecule has 1 atom stereocenters. The summed E-state index contributed by atoms with van der Waals surface area (Å²) in [6.45, 7) is 7.44. The molecule has 3 aromatic carbocycles. The van der Waals surface area contributed by atoms with Gasteiger partial charge in [-0.15, -0.1) is 0 Å². The smallest absolute Gasteiger partial charge is 0.234 e. The first kappa shape index (κ1) is 21.1. The molecule has 0 unspecified atom stereocenters. The summed E-state index contributed by atoms with van der Waals surface area (Å²) in [6.07, 6.45) is 0. The van der Waals surface area contributed by atoms with Crippen molar-refractivity contribution in [2.75, 3.05) is 37.6 Å². The molecule has 0 radical (unpaired) electrons.